The van der Waals surface area contributed by atoms with E-state index in [0.717, 1.165) is 25.7 Å². The van der Waals surface area contributed by atoms with Crippen molar-refractivity contribution in [1.29, 1.82) is 0 Å². The first kappa shape index (κ1) is 15.6. The van der Waals surface area contributed by atoms with Crippen LogP contribution in [-0.4, -0.2) is 22.3 Å². The van der Waals surface area contributed by atoms with E-state index in [1.165, 1.54) is 18.6 Å². The van der Waals surface area contributed by atoms with Crippen LogP contribution in [-0.2, 0) is 0 Å². The van der Waals surface area contributed by atoms with Gasteiger partial charge >= 0.3 is 6.03 Å². The van der Waals surface area contributed by atoms with Crippen LogP contribution in [0.25, 0.3) is 0 Å². The van der Waals surface area contributed by atoms with Crippen LogP contribution in [0.5, 0.6) is 5.75 Å². The molecular weight excluding hydrogens is 270 g/mol. The van der Waals surface area contributed by atoms with Crippen molar-refractivity contribution < 1.29 is 15.0 Å². The minimum atomic E-state index is -0.881. The number of hydrogen-bond acceptors (Lipinski definition) is 4. The van der Waals surface area contributed by atoms with E-state index in [4.69, 9.17) is 11.5 Å². The summed E-state index contributed by atoms with van der Waals surface area (Å²) < 4.78 is 0. The second kappa shape index (κ2) is 6.78. The Hall–Kier alpha value is -1.79. The standard InChI is InChI=1S/C15H23N3O3/c16-13(9-4-2-1-3-5-9)14(20)10-6-11(18-15(17)21)8-12(19)7-10/h6-9,13-14,19-20H,1-5,16H2,(H3,17,18,21). The average molecular weight is 293 g/mol. The van der Waals surface area contributed by atoms with Crippen LogP contribution in [0, 0.1) is 5.92 Å². The van der Waals surface area contributed by atoms with Crippen molar-refractivity contribution in [2.24, 2.45) is 17.4 Å². The lowest BCUT2D eigenvalue weighted by Crippen LogP contribution is -2.37. The first-order valence-corrected chi connectivity index (χ1v) is 7.31. The van der Waals surface area contributed by atoms with Gasteiger partial charge in [0.15, 0.2) is 0 Å². The molecule has 21 heavy (non-hydrogen) atoms. The number of anilines is 1. The van der Waals surface area contributed by atoms with Crippen molar-refractivity contribution in [1.82, 2.24) is 0 Å². The van der Waals surface area contributed by atoms with E-state index >= 15 is 0 Å². The molecule has 0 aliphatic heterocycles. The van der Waals surface area contributed by atoms with E-state index in [0.29, 0.717) is 11.3 Å². The van der Waals surface area contributed by atoms with E-state index in [1.54, 1.807) is 6.07 Å². The molecule has 1 aromatic carbocycles. The molecule has 1 aliphatic carbocycles. The Bertz CT molecular complexity index is 501. The summed E-state index contributed by atoms with van der Waals surface area (Å²) >= 11 is 0. The highest BCUT2D eigenvalue weighted by Gasteiger charge is 2.27. The molecule has 2 rings (SSSR count). The number of aliphatic hydroxyl groups is 1. The molecule has 0 aromatic heterocycles. The molecule has 116 valence electrons. The fourth-order valence-corrected chi connectivity index (χ4v) is 3.02. The maximum Gasteiger partial charge on any atom is 0.316 e. The molecule has 2 amide bonds. The van der Waals surface area contributed by atoms with Gasteiger partial charge in [-0.05, 0) is 36.5 Å². The third kappa shape index (κ3) is 4.09. The monoisotopic (exact) mass is 293 g/mol. The predicted molar refractivity (Wildman–Crippen MR) is 80.8 cm³/mol. The predicted octanol–water partition coefficient (Wildman–Crippen LogP) is 1.82. The van der Waals surface area contributed by atoms with Crippen LogP contribution in [0.1, 0.15) is 43.8 Å². The Morgan fingerprint density at radius 2 is 1.90 bits per heavy atom. The third-order valence-electron chi connectivity index (χ3n) is 4.11. The van der Waals surface area contributed by atoms with Crippen molar-refractivity contribution in [2.45, 2.75) is 44.2 Å². The zero-order valence-corrected chi connectivity index (χ0v) is 12.0. The number of aliphatic hydroxyl groups excluding tert-OH is 1. The highest BCUT2D eigenvalue weighted by atomic mass is 16.3. The van der Waals surface area contributed by atoms with Gasteiger partial charge in [0, 0.05) is 17.8 Å². The lowest BCUT2D eigenvalue weighted by Gasteiger charge is -2.31. The summed E-state index contributed by atoms with van der Waals surface area (Å²) in [6.07, 6.45) is 4.65. The number of benzene rings is 1. The van der Waals surface area contributed by atoms with Gasteiger partial charge in [0.25, 0.3) is 0 Å². The third-order valence-corrected chi connectivity index (χ3v) is 4.11. The summed E-state index contributed by atoms with van der Waals surface area (Å²) in [5.74, 6) is 0.231. The second-order valence-corrected chi connectivity index (χ2v) is 5.72. The lowest BCUT2D eigenvalue weighted by atomic mass is 9.81. The zero-order valence-electron chi connectivity index (χ0n) is 12.0. The molecule has 1 fully saturated rings. The van der Waals surface area contributed by atoms with E-state index in [9.17, 15) is 15.0 Å². The molecule has 0 saturated heterocycles. The summed E-state index contributed by atoms with van der Waals surface area (Å²) in [6, 6.07) is 3.30. The van der Waals surface area contributed by atoms with E-state index < -0.39 is 12.1 Å². The Labute approximate surface area is 124 Å². The molecule has 0 spiro atoms. The molecular formula is C15H23N3O3. The highest BCUT2D eigenvalue weighted by molar-refractivity contribution is 5.88. The van der Waals surface area contributed by atoms with E-state index in [1.807, 2.05) is 0 Å². The van der Waals surface area contributed by atoms with Crippen molar-refractivity contribution in [2.75, 3.05) is 5.32 Å². The van der Waals surface area contributed by atoms with Gasteiger partial charge in [0.05, 0.1) is 6.10 Å². The maximum atomic E-state index is 10.9. The smallest absolute Gasteiger partial charge is 0.316 e. The summed E-state index contributed by atoms with van der Waals surface area (Å²) in [5.41, 5.74) is 12.1. The number of phenols is 1. The number of primary amides is 1. The van der Waals surface area contributed by atoms with Crippen LogP contribution < -0.4 is 16.8 Å². The minimum Gasteiger partial charge on any atom is -0.508 e. The van der Waals surface area contributed by atoms with Crippen molar-refractivity contribution in [3.05, 3.63) is 23.8 Å². The molecule has 0 radical (unpaired) electrons. The summed E-state index contributed by atoms with van der Waals surface area (Å²) in [6.45, 7) is 0. The number of carbonyl (C=O) groups excluding carboxylic acids is 1. The number of rotatable bonds is 4. The molecule has 1 saturated carbocycles. The van der Waals surface area contributed by atoms with E-state index in [2.05, 4.69) is 5.32 Å². The second-order valence-electron chi connectivity index (χ2n) is 5.72. The fraction of sp³-hybridized carbons (Fsp3) is 0.533. The molecule has 0 heterocycles. The molecule has 7 N–H and O–H groups in total. The quantitative estimate of drug-likeness (QED) is 0.581. The van der Waals surface area contributed by atoms with Crippen molar-refractivity contribution >= 4 is 11.7 Å². The van der Waals surface area contributed by atoms with Crippen molar-refractivity contribution in [3.63, 3.8) is 0 Å². The Kier molecular flexibility index (Phi) is 5.03. The molecule has 2 unspecified atom stereocenters. The largest absolute Gasteiger partial charge is 0.508 e. The van der Waals surface area contributed by atoms with Gasteiger partial charge in [-0.1, -0.05) is 19.3 Å². The van der Waals surface area contributed by atoms with Gasteiger partial charge in [0.1, 0.15) is 5.75 Å². The number of carbonyl (C=O) groups is 1. The minimum absolute atomic E-state index is 0.0499. The summed E-state index contributed by atoms with van der Waals surface area (Å²) in [5, 5.41) is 22.5. The number of amides is 2. The summed E-state index contributed by atoms with van der Waals surface area (Å²) in [4.78, 5) is 10.9. The molecule has 1 aromatic rings. The van der Waals surface area contributed by atoms with Crippen molar-refractivity contribution in [3.8, 4) is 5.75 Å². The molecule has 1 aliphatic rings. The Morgan fingerprint density at radius 1 is 1.24 bits per heavy atom. The normalized spacial score (nSPS) is 19.0. The number of nitrogens with one attached hydrogen (secondary N) is 1. The average Bonchev–Trinajstić information content (AvgIpc) is 2.45. The SMILES string of the molecule is NC(=O)Nc1cc(O)cc(C(O)C(N)C2CCCCC2)c1. The molecule has 2 atom stereocenters. The van der Waals surface area contributed by atoms with Gasteiger partial charge < -0.3 is 27.0 Å². The van der Waals surface area contributed by atoms with E-state index in [-0.39, 0.29) is 17.7 Å². The van der Waals surface area contributed by atoms with Gasteiger partial charge in [-0.3, -0.25) is 0 Å². The fourth-order valence-electron chi connectivity index (χ4n) is 3.02. The number of hydrogen-bond donors (Lipinski definition) is 5. The topological polar surface area (TPSA) is 122 Å². The number of nitrogens with two attached hydrogens (primary N) is 2. The molecule has 6 heteroatoms. The number of phenolic OH excluding ortho intramolecular Hbond substituents is 1. The van der Waals surface area contributed by atoms with Crippen LogP contribution in [0.3, 0.4) is 0 Å². The van der Waals surface area contributed by atoms with Crippen LogP contribution in [0.2, 0.25) is 0 Å². The van der Waals surface area contributed by atoms with Crippen LogP contribution in [0.15, 0.2) is 18.2 Å². The van der Waals surface area contributed by atoms with Crippen LogP contribution >= 0.6 is 0 Å². The summed E-state index contributed by atoms with van der Waals surface area (Å²) in [7, 11) is 0. The zero-order chi connectivity index (χ0) is 15.4. The molecule has 6 nitrogen and oxygen atoms in total. The lowest BCUT2D eigenvalue weighted by molar-refractivity contribution is 0.104. The molecule has 0 bridgehead atoms. The number of aromatic hydroxyl groups is 1. The Balaban J connectivity index is 2.15. The van der Waals surface area contributed by atoms with Crippen LogP contribution in [0.4, 0.5) is 10.5 Å². The Morgan fingerprint density at radius 3 is 2.52 bits per heavy atom. The van der Waals surface area contributed by atoms with Gasteiger partial charge in [0.2, 0.25) is 0 Å². The highest BCUT2D eigenvalue weighted by Crippen LogP contribution is 2.33. The van der Waals surface area contributed by atoms with Gasteiger partial charge in [-0.25, -0.2) is 4.79 Å². The van der Waals surface area contributed by atoms with Gasteiger partial charge in [-0.15, -0.1) is 0 Å². The maximum absolute atomic E-state index is 10.9. The van der Waals surface area contributed by atoms with Gasteiger partial charge in [-0.2, -0.15) is 0 Å². The number of urea groups is 1. The first-order valence-electron chi connectivity index (χ1n) is 7.31. The first-order chi connectivity index (χ1) is 9.97.